The predicted octanol–water partition coefficient (Wildman–Crippen LogP) is -1.06. The van der Waals surface area contributed by atoms with Crippen LogP contribution in [0.5, 0.6) is 0 Å². The Balaban J connectivity index is 3.05. The first kappa shape index (κ1) is 3.90. The molecule has 6 heavy (non-hydrogen) atoms. The third-order valence-corrected chi connectivity index (χ3v) is 0.997. The van der Waals surface area contributed by atoms with Crippen LogP contribution in [0.1, 0.15) is 0 Å². The molecular weight excluding hydrogens is 143 g/mol. The van der Waals surface area contributed by atoms with Gasteiger partial charge in [-0.05, 0) is 0 Å². The van der Waals surface area contributed by atoms with E-state index >= 15 is 0 Å². The summed E-state index contributed by atoms with van der Waals surface area (Å²) in [7, 11) is 0. The summed E-state index contributed by atoms with van der Waals surface area (Å²) in [4.78, 5) is 0. The summed E-state index contributed by atoms with van der Waals surface area (Å²) in [6.07, 6.45) is 3.57. The Labute approximate surface area is 43.8 Å². The summed E-state index contributed by atoms with van der Waals surface area (Å²) in [5.74, 6) is 0. The summed E-state index contributed by atoms with van der Waals surface area (Å²) in [6.45, 7) is 0. The van der Waals surface area contributed by atoms with Crippen molar-refractivity contribution in [1.29, 1.82) is 0 Å². The van der Waals surface area contributed by atoms with Crippen LogP contribution in [-0.4, -0.2) is 26.2 Å². The summed E-state index contributed by atoms with van der Waals surface area (Å²) in [5, 5.41) is 6.34. The zero-order valence-electron chi connectivity index (χ0n) is 3.05. The predicted molar refractivity (Wildman–Crippen MR) is 25.4 cm³/mol. The number of nitrogens with zero attached hydrogens (tertiary/aromatic N) is 1. The average Bonchev–Trinajstić information content (AvgIpc) is 1.86. The van der Waals surface area contributed by atoms with Gasteiger partial charge in [-0.3, -0.25) is 0 Å². The Kier molecular flexibility index (Phi) is 0.945. The molecule has 32 valence electrons. The number of aromatic nitrogens is 2. The van der Waals surface area contributed by atoms with Crippen LogP contribution >= 0.6 is 0 Å². The van der Waals surface area contributed by atoms with E-state index < -0.39 is 0 Å². The number of aromatic amines is 1. The van der Waals surface area contributed by atoms with Crippen LogP contribution in [0.4, 0.5) is 0 Å². The van der Waals surface area contributed by atoms with E-state index in [0.717, 1.165) is 4.46 Å². The maximum absolute atomic E-state index is 3.68. The monoisotopic (exact) mass is 148 g/mol. The van der Waals surface area contributed by atoms with Gasteiger partial charge in [0.05, 0.1) is 0 Å². The molecule has 0 spiro atoms. The molecule has 0 unspecified atom stereocenters. The Bertz CT molecular complexity index is 112. The number of hydrogen-bond donors (Lipinski definition) is 1. The molecule has 2 nitrogen and oxygen atoms in total. The van der Waals surface area contributed by atoms with Gasteiger partial charge in [0.1, 0.15) is 0 Å². The van der Waals surface area contributed by atoms with Crippen LogP contribution < -0.4 is 4.46 Å². The van der Waals surface area contributed by atoms with Crippen LogP contribution in [0.3, 0.4) is 0 Å². The van der Waals surface area contributed by atoms with E-state index in [0.29, 0.717) is 0 Å². The summed E-state index contributed by atoms with van der Waals surface area (Å²) in [6, 6.07) is 0. The Hall–Kier alpha value is -0.271. The summed E-state index contributed by atoms with van der Waals surface area (Å²) < 4.78 is 1.11. The van der Waals surface area contributed by atoms with Gasteiger partial charge in [-0.1, -0.05) is 0 Å². The molecule has 0 aliphatic carbocycles. The van der Waals surface area contributed by atoms with Gasteiger partial charge in [-0.15, -0.1) is 0 Å². The molecule has 0 bridgehead atoms. The molecular formula is C3H4N2Se. The molecule has 1 aromatic heterocycles. The fourth-order valence-electron chi connectivity index (χ4n) is 0.244. The molecule has 1 N–H and O–H groups in total. The fourth-order valence-corrected chi connectivity index (χ4v) is 0.486. The number of nitrogens with one attached hydrogen (secondary N) is 1. The van der Waals surface area contributed by atoms with Crippen molar-refractivity contribution in [2.45, 2.75) is 0 Å². The molecule has 0 aliphatic heterocycles. The molecule has 0 aromatic carbocycles. The second-order valence-electron chi connectivity index (χ2n) is 0.957. The van der Waals surface area contributed by atoms with Gasteiger partial charge in [0.25, 0.3) is 0 Å². The molecule has 0 radical (unpaired) electrons. The molecule has 1 heterocycles. The van der Waals surface area contributed by atoms with E-state index in [2.05, 4.69) is 26.2 Å². The van der Waals surface area contributed by atoms with E-state index in [4.69, 9.17) is 0 Å². The van der Waals surface area contributed by atoms with Gasteiger partial charge in [0.2, 0.25) is 0 Å². The van der Waals surface area contributed by atoms with Crippen LogP contribution in [0.15, 0.2) is 12.4 Å². The van der Waals surface area contributed by atoms with Crippen molar-refractivity contribution in [3.05, 3.63) is 12.4 Å². The number of H-pyrrole nitrogens is 1. The van der Waals surface area contributed by atoms with Crippen molar-refractivity contribution in [1.82, 2.24) is 10.2 Å². The quantitative estimate of drug-likeness (QED) is 0.465. The normalized spacial score (nSPS) is 8.83. The second kappa shape index (κ2) is 1.45. The van der Waals surface area contributed by atoms with E-state index in [1.54, 1.807) is 6.20 Å². The van der Waals surface area contributed by atoms with Crippen molar-refractivity contribution >= 4 is 20.5 Å². The first-order chi connectivity index (χ1) is 2.89. The van der Waals surface area contributed by atoms with Crippen LogP contribution in [-0.2, 0) is 0 Å². The topological polar surface area (TPSA) is 28.7 Å². The molecule has 0 atom stereocenters. The zero-order valence-corrected chi connectivity index (χ0v) is 4.93. The molecule has 0 aliphatic rings. The SMILES string of the molecule is [SeH]c1cn[nH]c1. The molecule has 0 fully saturated rings. The van der Waals surface area contributed by atoms with E-state index in [-0.39, 0.29) is 0 Å². The van der Waals surface area contributed by atoms with Gasteiger partial charge in [-0.25, -0.2) is 0 Å². The molecule has 0 saturated carbocycles. The van der Waals surface area contributed by atoms with E-state index in [1.807, 2.05) is 6.20 Å². The number of rotatable bonds is 0. The van der Waals surface area contributed by atoms with Crippen molar-refractivity contribution in [3.8, 4) is 0 Å². The van der Waals surface area contributed by atoms with Crippen molar-refractivity contribution < 1.29 is 0 Å². The van der Waals surface area contributed by atoms with Gasteiger partial charge in [-0.2, -0.15) is 0 Å². The van der Waals surface area contributed by atoms with Crippen molar-refractivity contribution in [2.75, 3.05) is 0 Å². The van der Waals surface area contributed by atoms with E-state index in [1.165, 1.54) is 0 Å². The first-order valence-electron chi connectivity index (χ1n) is 1.57. The molecule has 3 heteroatoms. The Morgan fingerprint density at radius 1 is 1.83 bits per heavy atom. The van der Waals surface area contributed by atoms with Gasteiger partial charge in [0.15, 0.2) is 0 Å². The van der Waals surface area contributed by atoms with Gasteiger partial charge < -0.3 is 0 Å². The maximum atomic E-state index is 3.68. The first-order valence-corrected chi connectivity index (χ1v) is 2.51. The molecule has 1 aromatic rings. The van der Waals surface area contributed by atoms with Gasteiger partial charge >= 0.3 is 43.1 Å². The van der Waals surface area contributed by atoms with Crippen LogP contribution in [0.2, 0.25) is 0 Å². The zero-order chi connectivity index (χ0) is 4.41. The number of hydrogen-bond acceptors (Lipinski definition) is 1. The molecule has 0 saturated heterocycles. The standard InChI is InChI=1S/C3H4N2Se/c6-3-1-4-5-2-3/h1-2,6H,(H,4,5). The summed E-state index contributed by atoms with van der Waals surface area (Å²) in [5.41, 5.74) is 0. The average molecular weight is 147 g/mol. The second-order valence-corrected chi connectivity index (χ2v) is 2.04. The molecule has 1 rings (SSSR count). The minimum absolute atomic E-state index is 1.11. The van der Waals surface area contributed by atoms with Crippen LogP contribution in [0.25, 0.3) is 0 Å². The Morgan fingerprint density at radius 3 is 2.83 bits per heavy atom. The molecule has 0 amide bonds. The minimum atomic E-state index is 1.11. The van der Waals surface area contributed by atoms with Crippen molar-refractivity contribution in [2.24, 2.45) is 0 Å². The third-order valence-electron chi connectivity index (χ3n) is 0.484. The van der Waals surface area contributed by atoms with E-state index in [9.17, 15) is 0 Å². The Morgan fingerprint density at radius 2 is 2.67 bits per heavy atom. The third kappa shape index (κ3) is 0.614. The van der Waals surface area contributed by atoms with Crippen LogP contribution in [0, 0.1) is 0 Å². The fraction of sp³-hybridized carbons (Fsp3) is 0. The summed E-state index contributed by atoms with van der Waals surface area (Å²) >= 11 is 2.39. The van der Waals surface area contributed by atoms with Crippen molar-refractivity contribution in [3.63, 3.8) is 0 Å². The van der Waals surface area contributed by atoms with Gasteiger partial charge in [0, 0.05) is 0 Å².